The van der Waals surface area contributed by atoms with Crippen LogP contribution in [-0.2, 0) is 13.0 Å². The van der Waals surface area contributed by atoms with Crippen LogP contribution in [0.1, 0.15) is 18.1 Å². The van der Waals surface area contributed by atoms with Crippen molar-refractivity contribution in [2.75, 3.05) is 5.32 Å². The lowest BCUT2D eigenvalue weighted by Gasteiger charge is -2.10. The van der Waals surface area contributed by atoms with Crippen LogP contribution in [0.25, 0.3) is 0 Å². The van der Waals surface area contributed by atoms with Crippen LogP contribution in [0.3, 0.4) is 0 Å². The van der Waals surface area contributed by atoms with E-state index in [9.17, 15) is 0 Å². The quantitative estimate of drug-likeness (QED) is 0.828. The Morgan fingerprint density at radius 1 is 1.12 bits per heavy atom. The average Bonchev–Trinajstić information content (AvgIpc) is 2.38. The molecule has 1 aromatic heterocycles. The summed E-state index contributed by atoms with van der Waals surface area (Å²) in [6.07, 6.45) is 2.73. The van der Waals surface area contributed by atoms with Gasteiger partial charge in [-0.15, -0.1) is 0 Å². The minimum atomic E-state index is 0.515. The van der Waals surface area contributed by atoms with E-state index in [-0.39, 0.29) is 0 Å². The smallest absolute Gasteiger partial charge is 0.152 e. The Hall–Kier alpha value is -1.54. The maximum atomic E-state index is 5.99. The molecule has 17 heavy (non-hydrogen) atoms. The van der Waals surface area contributed by atoms with Crippen LogP contribution in [0.4, 0.5) is 5.69 Å². The molecule has 2 nitrogen and oxygen atoms in total. The Morgan fingerprint density at radius 2 is 1.88 bits per heavy atom. The molecule has 0 aliphatic heterocycles. The lowest BCUT2D eigenvalue weighted by Crippen LogP contribution is -2.03. The lowest BCUT2D eigenvalue weighted by atomic mass is 10.1. The Morgan fingerprint density at radius 3 is 2.59 bits per heavy atom. The summed E-state index contributed by atoms with van der Waals surface area (Å²) in [6, 6.07) is 12.2. The SMILES string of the molecule is CCc1ccccc1CNc1cccnc1Cl. The number of hydrogen-bond acceptors (Lipinski definition) is 2. The number of anilines is 1. The molecule has 1 aromatic carbocycles. The molecule has 0 aliphatic rings. The number of nitrogens with one attached hydrogen (secondary N) is 1. The molecular formula is C14H15ClN2. The molecule has 0 atom stereocenters. The summed E-state index contributed by atoms with van der Waals surface area (Å²) >= 11 is 5.99. The normalized spacial score (nSPS) is 10.2. The first-order chi connectivity index (χ1) is 8.31. The molecule has 0 spiro atoms. The molecule has 1 N–H and O–H groups in total. The van der Waals surface area contributed by atoms with Gasteiger partial charge in [0.1, 0.15) is 0 Å². The highest BCUT2D eigenvalue weighted by Gasteiger charge is 2.02. The number of hydrogen-bond donors (Lipinski definition) is 1. The van der Waals surface area contributed by atoms with E-state index in [0.29, 0.717) is 5.15 Å². The number of benzene rings is 1. The first kappa shape index (κ1) is 11.9. The van der Waals surface area contributed by atoms with E-state index in [2.05, 4.69) is 41.5 Å². The molecule has 3 heteroatoms. The maximum Gasteiger partial charge on any atom is 0.152 e. The second-order valence-electron chi connectivity index (χ2n) is 3.82. The molecule has 0 bridgehead atoms. The van der Waals surface area contributed by atoms with Crippen molar-refractivity contribution < 1.29 is 0 Å². The second kappa shape index (κ2) is 5.69. The zero-order chi connectivity index (χ0) is 12.1. The zero-order valence-corrected chi connectivity index (χ0v) is 10.5. The number of halogens is 1. The molecular weight excluding hydrogens is 232 g/mol. The van der Waals surface area contributed by atoms with Gasteiger partial charge in [0.15, 0.2) is 5.15 Å². The fourth-order valence-corrected chi connectivity index (χ4v) is 1.97. The largest absolute Gasteiger partial charge is 0.378 e. The van der Waals surface area contributed by atoms with Crippen LogP contribution >= 0.6 is 11.6 Å². The van der Waals surface area contributed by atoms with E-state index < -0.39 is 0 Å². The van der Waals surface area contributed by atoms with Crippen molar-refractivity contribution in [3.63, 3.8) is 0 Å². The van der Waals surface area contributed by atoms with Crippen LogP contribution in [0.2, 0.25) is 5.15 Å². The lowest BCUT2D eigenvalue weighted by molar-refractivity contribution is 1.04. The van der Waals surface area contributed by atoms with Gasteiger partial charge in [0, 0.05) is 12.7 Å². The van der Waals surface area contributed by atoms with Crippen molar-refractivity contribution in [1.29, 1.82) is 0 Å². The average molecular weight is 247 g/mol. The molecule has 0 unspecified atom stereocenters. The third kappa shape index (κ3) is 2.98. The minimum absolute atomic E-state index is 0.515. The predicted molar refractivity (Wildman–Crippen MR) is 72.4 cm³/mol. The third-order valence-electron chi connectivity index (χ3n) is 2.73. The Labute approximate surface area is 107 Å². The van der Waals surface area contributed by atoms with Crippen LogP contribution in [-0.4, -0.2) is 4.98 Å². The Kier molecular flexibility index (Phi) is 3.99. The maximum absolute atomic E-state index is 5.99. The van der Waals surface area contributed by atoms with Gasteiger partial charge in [-0.1, -0.05) is 42.8 Å². The molecule has 2 aromatic rings. The van der Waals surface area contributed by atoms with E-state index in [0.717, 1.165) is 18.7 Å². The van der Waals surface area contributed by atoms with Crippen LogP contribution in [0.15, 0.2) is 42.6 Å². The van der Waals surface area contributed by atoms with Gasteiger partial charge in [0.05, 0.1) is 5.69 Å². The number of aromatic nitrogens is 1. The van der Waals surface area contributed by atoms with E-state index in [1.54, 1.807) is 6.20 Å². The summed E-state index contributed by atoms with van der Waals surface area (Å²) in [5.74, 6) is 0. The van der Waals surface area contributed by atoms with Gasteiger partial charge >= 0.3 is 0 Å². The van der Waals surface area contributed by atoms with Gasteiger partial charge in [-0.25, -0.2) is 4.98 Å². The molecule has 0 radical (unpaired) electrons. The minimum Gasteiger partial charge on any atom is -0.378 e. The molecule has 0 saturated heterocycles. The molecule has 0 saturated carbocycles. The van der Waals surface area contributed by atoms with Gasteiger partial charge in [0.2, 0.25) is 0 Å². The van der Waals surface area contributed by atoms with E-state index >= 15 is 0 Å². The standard InChI is InChI=1S/C14H15ClN2/c1-2-11-6-3-4-7-12(11)10-17-13-8-5-9-16-14(13)15/h3-9,17H,2,10H2,1H3. The molecule has 0 aliphatic carbocycles. The predicted octanol–water partition coefficient (Wildman–Crippen LogP) is 3.91. The summed E-state index contributed by atoms with van der Waals surface area (Å²) < 4.78 is 0. The molecule has 2 rings (SSSR count). The zero-order valence-electron chi connectivity index (χ0n) is 9.78. The topological polar surface area (TPSA) is 24.9 Å². The van der Waals surface area contributed by atoms with Crippen molar-refractivity contribution in [3.8, 4) is 0 Å². The first-order valence-corrected chi connectivity index (χ1v) is 6.10. The summed E-state index contributed by atoms with van der Waals surface area (Å²) in [5.41, 5.74) is 3.54. The van der Waals surface area contributed by atoms with E-state index in [4.69, 9.17) is 11.6 Å². The van der Waals surface area contributed by atoms with Gasteiger partial charge in [0.25, 0.3) is 0 Å². The van der Waals surface area contributed by atoms with Gasteiger partial charge in [-0.2, -0.15) is 0 Å². The first-order valence-electron chi connectivity index (χ1n) is 5.72. The monoisotopic (exact) mass is 246 g/mol. The third-order valence-corrected chi connectivity index (χ3v) is 3.03. The Bertz CT molecular complexity index is 497. The van der Waals surface area contributed by atoms with Gasteiger partial charge in [-0.3, -0.25) is 0 Å². The van der Waals surface area contributed by atoms with Crippen LogP contribution in [0.5, 0.6) is 0 Å². The molecule has 88 valence electrons. The van der Waals surface area contributed by atoms with Crippen LogP contribution in [0, 0.1) is 0 Å². The summed E-state index contributed by atoms with van der Waals surface area (Å²) in [5, 5.41) is 3.82. The fourth-order valence-electron chi connectivity index (χ4n) is 1.78. The Balaban J connectivity index is 2.10. The summed E-state index contributed by atoms with van der Waals surface area (Å²) in [6.45, 7) is 2.94. The van der Waals surface area contributed by atoms with Crippen molar-refractivity contribution in [1.82, 2.24) is 4.98 Å². The number of pyridine rings is 1. The van der Waals surface area contributed by atoms with Crippen molar-refractivity contribution in [2.45, 2.75) is 19.9 Å². The number of nitrogens with zero attached hydrogens (tertiary/aromatic N) is 1. The highest BCUT2D eigenvalue weighted by Crippen LogP contribution is 2.19. The van der Waals surface area contributed by atoms with Crippen LogP contribution < -0.4 is 5.32 Å². The van der Waals surface area contributed by atoms with Gasteiger partial charge in [-0.05, 0) is 29.7 Å². The highest BCUT2D eigenvalue weighted by molar-refractivity contribution is 6.31. The summed E-state index contributed by atoms with van der Waals surface area (Å²) in [4.78, 5) is 4.04. The second-order valence-corrected chi connectivity index (χ2v) is 4.18. The van der Waals surface area contributed by atoms with E-state index in [1.165, 1.54) is 11.1 Å². The summed E-state index contributed by atoms with van der Waals surface area (Å²) in [7, 11) is 0. The molecule has 1 heterocycles. The van der Waals surface area contributed by atoms with E-state index in [1.807, 2.05) is 12.1 Å². The van der Waals surface area contributed by atoms with Crippen molar-refractivity contribution in [2.24, 2.45) is 0 Å². The van der Waals surface area contributed by atoms with Gasteiger partial charge < -0.3 is 5.32 Å². The molecule has 0 amide bonds. The molecule has 0 fully saturated rings. The highest BCUT2D eigenvalue weighted by atomic mass is 35.5. The number of rotatable bonds is 4. The number of aryl methyl sites for hydroxylation is 1. The van der Waals surface area contributed by atoms with Crippen molar-refractivity contribution >= 4 is 17.3 Å². The van der Waals surface area contributed by atoms with Crippen molar-refractivity contribution in [3.05, 3.63) is 58.9 Å². The fraction of sp³-hybridized carbons (Fsp3) is 0.214.